The van der Waals surface area contributed by atoms with Crippen LogP contribution in [0.1, 0.15) is 92.5 Å². The summed E-state index contributed by atoms with van der Waals surface area (Å²) in [6.45, 7) is 8.05. The van der Waals surface area contributed by atoms with Crippen molar-refractivity contribution in [3.05, 3.63) is 58.9 Å². The van der Waals surface area contributed by atoms with Crippen LogP contribution < -0.4 is 9.64 Å². The SMILES string of the molecule is COC[C@H](C)N(C(=O)C1CCC(C)CC1)c1ccc(Oc2ncc(CCc3nc(C(C)C)no3)cc2C(F)(F)F)cc1C=O. The minimum atomic E-state index is -4.75. The molecule has 12 heteroatoms. The van der Waals surface area contributed by atoms with Gasteiger partial charge in [-0.2, -0.15) is 18.2 Å². The van der Waals surface area contributed by atoms with Gasteiger partial charge >= 0.3 is 6.18 Å². The number of benzene rings is 1. The molecule has 0 spiro atoms. The third-order valence-corrected chi connectivity index (χ3v) is 7.89. The monoisotopic (exact) mass is 616 g/mol. The van der Waals surface area contributed by atoms with Crippen LogP contribution in [0.3, 0.4) is 0 Å². The molecular weight excluding hydrogens is 577 g/mol. The van der Waals surface area contributed by atoms with E-state index >= 15 is 0 Å². The Bertz CT molecular complexity index is 1430. The Morgan fingerprint density at radius 1 is 1.14 bits per heavy atom. The molecule has 238 valence electrons. The van der Waals surface area contributed by atoms with Crippen LogP contribution in [-0.2, 0) is 28.5 Å². The molecule has 0 saturated heterocycles. The van der Waals surface area contributed by atoms with Crippen LogP contribution in [0.2, 0.25) is 0 Å². The highest BCUT2D eigenvalue weighted by atomic mass is 19.4. The van der Waals surface area contributed by atoms with Crippen LogP contribution in [0.4, 0.5) is 18.9 Å². The van der Waals surface area contributed by atoms with E-state index in [0.29, 0.717) is 35.2 Å². The average Bonchev–Trinajstić information content (AvgIpc) is 3.47. The number of carbonyl (C=O) groups is 2. The Morgan fingerprint density at radius 3 is 2.48 bits per heavy atom. The molecule has 0 unspecified atom stereocenters. The van der Waals surface area contributed by atoms with E-state index in [2.05, 4.69) is 22.0 Å². The molecule has 1 aliphatic rings. The number of rotatable bonds is 12. The van der Waals surface area contributed by atoms with Crippen LogP contribution in [0.5, 0.6) is 11.6 Å². The van der Waals surface area contributed by atoms with Gasteiger partial charge in [0.15, 0.2) is 12.1 Å². The molecule has 1 aliphatic carbocycles. The van der Waals surface area contributed by atoms with Gasteiger partial charge in [-0.3, -0.25) is 9.59 Å². The highest BCUT2D eigenvalue weighted by Gasteiger charge is 2.36. The zero-order valence-electron chi connectivity index (χ0n) is 25.7. The minimum absolute atomic E-state index is 0.0213. The van der Waals surface area contributed by atoms with E-state index in [1.165, 1.54) is 31.5 Å². The van der Waals surface area contributed by atoms with Crippen molar-refractivity contribution in [2.45, 2.75) is 84.4 Å². The fraction of sp³-hybridized carbons (Fsp3) is 0.531. The molecule has 2 heterocycles. The molecule has 1 saturated carbocycles. The molecular formula is C32H39F3N4O5. The molecule has 2 aromatic heterocycles. The fourth-order valence-electron chi connectivity index (χ4n) is 5.39. The lowest BCUT2D eigenvalue weighted by Gasteiger charge is -2.35. The van der Waals surface area contributed by atoms with Gasteiger partial charge in [-0.25, -0.2) is 4.98 Å². The number of methoxy groups -OCH3 is 1. The number of pyridine rings is 1. The van der Waals surface area contributed by atoms with Crippen molar-refractivity contribution in [3.8, 4) is 11.6 Å². The standard InChI is InChI=1S/C32H39F3N4O5/c1-19(2)29-37-28(44-38-29)13-8-22-14-26(32(33,34)35)30(36-16-22)43-25-11-12-27(24(15-25)17-40)39(21(4)18-42-5)31(41)23-9-6-20(3)7-10-23/h11-12,14-17,19-21,23H,6-10,13,18H2,1-5H3/t20?,21-,23?/m0/s1. The second-order valence-electron chi connectivity index (χ2n) is 11.8. The Balaban J connectivity index is 1.58. The summed E-state index contributed by atoms with van der Waals surface area (Å²) in [4.78, 5) is 35.7. The Hall–Kier alpha value is -3.80. The van der Waals surface area contributed by atoms with Gasteiger partial charge in [-0.1, -0.05) is 25.9 Å². The number of nitrogens with zero attached hydrogens (tertiary/aromatic N) is 4. The molecule has 3 aromatic rings. The van der Waals surface area contributed by atoms with E-state index in [1.807, 2.05) is 20.8 Å². The summed E-state index contributed by atoms with van der Waals surface area (Å²) in [7, 11) is 1.53. The summed E-state index contributed by atoms with van der Waals surface area (Å²) in [6, 6.07) is 4.87. The number of hydrogen-bond acceptors (Lipinski definition) is 8. The van der Waals surface area contributed by atoms with E-state index in [4.69, 9.17) is 14.0 Å². The number of hydrogen-bond donors (Lipinski definition) is 0. The normalized spacial score (nSPS) is 17.8. The molecule has 0 N–H and O–H groups in total. The summed E-state index contributed by atoms with van der Waals surface area (Å²) < 4.78 is 58.3. The van der Waals surface area contributed by atoms with Crippen molar-refractivity contribution in [1.29, 1.82) is 0 Å². The van der Waals surface area contributed by atoms with Crippen molar-refractivity contribution in [3.63, 3.8) is 0 Å². The van der Waals surface area contributed by atoms with Crippen molar-refractivity contribution in [2.24, 2.45) is 11.8 Å². The van der Waals surface area contributed by atoms with Gasteiger partial charge in [-0.15, -0.1) is 0 Å². The van der Waals surface area contributed by atoms with E-state index in [-0.39, 0.29) is 54.5 Å². The Morgan fingerprint density at radius 2 is 1.86 bits per heavy atom. The first-order valence-electron chi connectivity index (χ1n) is 14.9. The summed E-state index contributed by atoms with van der Waals surface area (Å²) in [5.41, 5.74) is -0.288. The zero-order chi connectivity index (χ0) is 32.0. The number of halogens is 3. The predicted octanol–water partition coefficient (Wildman–Crippen LogP) is 7.19. The Kier molecular flexibility index (Phi) is 10.8. The van der Waals surface area contributed by atoms with Gasteiger partial charge in [0.05, 0.1) is 18.3 Å². The maximum Gasteiger partial charge on any atom is 0.421 e. The van der Waals surface area contributed by atoms with Crippen molar-refractivity contribution in [1.82, 2.24) is 15.1 Å². The number of anilines is 1. The number of aldehydes is 1. The summed E-state index contributed by atoms with van der Waals surface area (Å²) in [5, 5.41) is 3.88. The second-order valence-corrected chi connectivity index (χ2v) is 11.8. The van der Waals surface area contributed by atoms with Crippen molar-refractivity contribution >= 4 is 17.9 Å². The highest BCUT2D eigenvalue weighted by Crippen LogP contribution is 2.39. The van der Waals surface area contributed by atoms with E-state index in [9.17, 15) is 22.8 Å². The molecule has 9 nitrogen and oxygen atoms in total. The number of aromatic nitrogens is 3. The molecule has 0 aliphatic heterocycles. The molecule has 1 atom stereocenters. The number of carbonyl (C=O) groups excluding carboxylic acids is 2. The second kappa shape index (κ2) is 14.3. The van der Waals surface area contributed by atoms with Crippen LogP contribution in [0.15, 0.2) is 35.0 Å². The number of ether oxygens (including phenoxy) is 2. The summed E-state index contributed by atoms with van der Waals surface area (Å²) in [5.74, 6) is 0.519. The Labute approximate surface area is 255 Å². The number of alkyl halides is 3. The maximum absolute atomic E-state index is 14.1. The highest BCUT2D eigenvalue weighted by molar-refractivity contribution is 6.00. The van der Waals surface area contributed by atoms with Gasteiger partial charge in [0.2, 0.25) is 17.7 Å². The molecule has 1 aromatic carbocycles. The first-order chi connectivity index (χ1) is 20.9. The van der Waals surface area contributed by atoms with Crippen LogP contribution in [0.25, 0.3) is 0 Å². The minimum Gasteiger partial charge on any atom is -0.438 e. The van der Waals surface area contributed by atoms with Crippen LogP contribution in [-0.4, -0.2) is 47.1 Å². The lowest BCUT2D eigenvalue weighted by atomic mass is 9.82. The maximum atomic E-state index is 14.1. The average molecular weight is 617 g/mol. The lowest BCUT2D eigenvalue weighted by molar-refractivity contribution is -0.139. The lowest BCUT2D eigenvalue weighted by Crippen LogP contribution is -2.45. The van der Waals surface area contributed by atoms with Crippen molar-refractivity contribution in [2.75, 3.05) is 18.6 Å². The molecule has 4 rings (SSSR count). The largest absolute Gasteiger partial charge is 0.438 e. The number of amides is 1. The van der Waals surface area contributed by atoms with E-state index in [0.717, 1.165) is 31.7 Å². The molecule has 44 heavy (non-hydrogen) atoms. The first kappa shape index (κ1) is 33.1. The zero-order valence-corrected chi connectivity index (χ0v) is 25.7. The van der Waals surface area contributed by atoms with E-state index < -0.39 is 17.6 Å². The van der Waals surface area contributed by atoms with Crippen molar-refractivity contribution < 1.29 is 36.8 Å². The molecule has 1 amide bonds. The van der Waals surface area contributed by atoms with Gasteiger partial charge in [0.1, 0.15) is 11.3 Å². The van der Waals surface area contributed by atoms with Crippen LogP contribution >= 0.6 is 0 Å². The van der Waals surface area contributed by atoms with Crippen LogP contribution in [0, 0.1) is 11.8 Å². The molecule has 1 fully saturated rings. The van der Waals surface area contributed by atoms with Gasteiger partial charge in [-0.05, 0) is 74.8 Å². The smallest absolute Gasteiger partial charge is 0.421 e. The third-order valence-electron chi connectivity index (χ3n) is 7.89. The molecule has 0 radical (unpaired) electrons. The first-order valence-corrected chi connectivity index (χ1v) is 14.9. The summed E-state index contributed by atoms with van der Waals surface area (Å²) in [6.07, 6.45) is 0.957. The summed E-state index contributed by atoms with van der Waals surface area (Å²) >= 11 is 0. The van der Waals surface area contributed by atoms with Gasteiger partial charge in [0.25, 0.3) is 0 Å². The topological polar surface area (TPSA) is 108 Å². The van der Waals surface area contributed by atoms with E-state index in [1.54, 1.807) is 4.90 Å². The quantitative estimate of drug-likeness (QED) is 0.197. The van der Waals surface area contributed by atoms with Gasteiger partial charge < -0.3 is 18.9 Å². The fourth-order valence-corrected chi connectivity index (χ4v) is 5.39. The molecule has 0 bridgehead atoms. The number of aryl methyl sites for hydroxylation is 2. The third kappa shape index (κ3) is 8.02. The van der Waals surface area contributed by atoms with Gasteiger partial charge in [0, 0.05) is 37.1 Å². The predicted molar refractivity (Wildman–Crippen MR) is 157 cm³/mol.